The first-order chi connectivity index (χ1) is 13.4. The highest BCUT2D eigenvalue weighted by Gasteiger charge is 2.18. The smallest absolute Gasteiger partial charge is 0.338 e. The predicted octanol–water partition coefficient (Wildman–Crippen LogP) is 3.40. The Bertz CT molecular complexity index is 855. The molecular weight excluding hydrogens is 386 g/mol. The zero-order valence-corrected chi connectivity index (χ0v) is 16.8. The maximum atomic E-state index is 12.2. The summed E-state index contributed by atoms with van der Waals surface area (Å²) in [6.07, 6.45) is 0. The number of esters is 1. The molecule has 0 saturated carbocycles. The number of ether oxygens (including phenoxy) is 4. The lowest BCUT2D eigenvalue weighted by molar-refractivity contribution is -0.124. The van der Waals surface area contributed by atoms with Gasteiger partial charge in [-0.2, -0.15) is 0 Å². The fourth-order valence-electron chi connectivity index (χ4n) is 2.64. The van der Waals surface area contributed by atoms with Crippen molar-refractivity contribution >= 4 is 23.5 Å². The molecule has 1 atom stereocenters. The molecule has 1 N–H and O–H groups in total. The van der Waals surface area contributed by atoms with Gasteiger partial charge in [0.1, 0.15) is 5.75 Å². The van der Waals surface area contributed by atoms with Crippen LogP contribution in [0.3, 0.4) is 0 Å². The molecule has 0 heterocycles. The summed E-state index contributed by atoms with van der Waals surface area (Å²) in [7, 11) is 4.42. The number of amides is 1. The summed E-state index contributed by atoms with van der Waals surface area (Å²) >= 11 is 6.08. The van der Waals surface area contributed by atoms with Gasteiger partial charge in [-0.25, -0.2) is 4.79 Å². The van der Waals surface area contributed by atoms with Crippen LogP contribution in [0.15, 0.2) is 36.4 Å². The van der Waals surface area contributed by atoms with E-state index in [0.717, 1.165) is 5.56 Å². The van der Waals surface area contributed by atoms with E-state index in [2.05, 4.69) is 5.32 Å². The van der Waals surface area contributed by atoms with Crippen LogP contribution < -0.4 is 19.5 Å². The normalized spacial score (nSPS) is 11.3. The van der Waals surface area contributed by atoms with Crippen LogP contribution in [0.25, 0.3) is 0 Å². The number of rotatable bonds is 8. The van der Waals surface area contributed by atoms with Gasteiger partial charge in [0.05, 0.1) is 38.0 Å². The largest absolute Gasteiger partial charge is 0.496 e. The molecule has 0 aliphatic heterocycles. The minimum absolute atomic E-state index is 0.147. The van der Waals surface area contributed by atoms with Gasteiger partial charge in [-0.05, 0) is 25.1 Å². The van der Waals surface area contributed by atoms with Crippen molar-refractivity contribution in [3.05, 3.63) is 52.5 Å². The third-order valence-electron chi connectivity index (χ3n) is 3.99. The number of hydrogen-bond donors (Lipinski definition) is 1. The van der Waals surface area contributed by atoms with Crippen molar-refractivity contribution in [1.82, 2.24) is 5.32 Å². The van der Waals surface area contributed by atoms with Crippen molar-refractivity contribution in [3.63, 3.8) is 0 Å². The van der Waals surface area contributed by atoms with E-state index in [0.29, 0.717) is 11.5 Å². The van der Waals surface area contributed by atoms with E-state index in [-0.39, 0.29) is 22.4 Å². The Morgan fingerprint density at radius 3 is 2.36 bits per heavy atom. The number of hydrogen-bond acceptors (Lipinski definition) is 6. The molecule has 0 aliphatic rings. The van der Waals surface area contributed by atoms with Crippen LogP contribution in [0.2, 0.25) is 5.02 Å². The Labute approximate surface area is 168 Å². The maximum Gasteiger partial charge on any atom is 0.338 e. The van der Waals surface area contributed by atoms with E-state index >= 15 is 0 Å². The van der Waals surface area contributed by atoms with Crippen molar-refractivity contribution in [1.29, 1.82) is 0 Å². The number of para-hydroxylation sites is 1. The quantitative estimate of drug-likeness (QED) is 0.675. The molecule has 0 fully saturated rings. The number of carbonyl (C=O) groups excluding carboxylic acids is 2. The second kappa shape index (κ2) is 9.85. The third kappa shape index (κ3) is 5.07. The standard InChI is InChI=1S/C20H22ClNO6/c1-12(14-7-5-6-8-16(14)25-2)22-18(23)11-28-20(24)13-9-15(21)19(27-4)17(10-13)26-3/h5-10,12H,11H2,1-4H3,(H,22,23). The van der Waals surface area contributed by atoms with E-state index in [4.69, 9.17) is 30.5 Å². The minimum atomic E-state index is -0.706. The van der Waals surface area contributed by atoms with E-state index in [9.17, 15) is 9.59 Å². The molecule has 0 spiro atoms. The van der Waals surface area contributed by atoms with Crippen LogP contribution in [0.1, 0.15) is 28.9 Å². The minimum Gasteiger partial charge on any atom is -0.496 e. The number of halogens is 1. The Morgan fingerprint density at radius 1 is 1.04 bits per heavy atom. The summed E-state index contributed by atoms with van der Waals surface area (Å²) in [5.74, 6) is 0.105. The molecule has 1 unspecified atom stereocenters. The highest BCUT2D eigenvalue weighted by Crippen LogP contribution is 2.36. The first-order valence-corrected chi connectivity index (χ1v) is 8.80. The first-order valence-electron chi connectivity index (χ1n) is 8.42. The lowest BCUT2D eigenvalue weighted by Crippen LogP contribution is -2.31. The molecule has 150 valence electrons. The Kier molecular flexibility index (Phi) is 7.52. The van der Waals surface area contributed by atoms with Gasteiger partial charge in [0.25, 0.3) is 5.91 Å². The second-order valence-electron chi connectivity index (χ2n) is 5.80. The molecule has 0 aromatic heterocycles. The summed E-state index contributed by atoms with van der Waals surface area (Å²) in [6, 6.07) is 9.84. The summed E-state index contributed by atoms with van der Waals surface area (Å²) in [6.45, 7) is 1.37. The van der Waals surface area contributed by atoms with Gasteiger partial charge >= 0.3 is 5.97 Å². The van der Waals surface area contributed by atoms with Gasteiger partial charge < -0.3 is 24.3 Å². The molecule has 0 radical (unpaired) electrons. The number of nitrogens with one attached hydrogen (secondary N) is 1. The molecular formula is C20H22ClNO6. The molecule has 1 amide bonds. The van der Waals surface area contributed by atoms with Crippen molar-refractivity contribution in [2.24, 2.45) is 0 Å². The number of benzene rings is 2. The predicted molar refractivity (Wildman–Crippen MR) is 104 cm³/mol. The zero-order valence-electron chi connectivity index (χ0n) is 16.1. The van der Waals surface area contributed by atoms with Gasteiger partial charge in [0, 0.05) is 5.56 Å². The molecule has 0 bridgehead atoms. The van der Waals surface area contributed by atoms with Crippen molar-refractivity contribution in [3.8, 4) is 17.2 Å². The summed E-state index contributed by atoms with van der Waals surface area (Å²) < 4.78 is 20.6. The highest BCUT2D eigenvalue weighted by molar-refractivity contribution is 6.32. The van der Waals surface area contributed by atoms with E-state index < -0.39 is 18.5 Å². The highest BCUT2D eigenvalue weighted by atomic mass is 35.5. The second-order valence-corrected chi connectivity index (χ2v) is 6.21. The van der Waals surface area contributed by atoms with Crippen LogP contribution in [0.5, 0.6) is 17.2 Å². The molecule has 28 heavy (non-hydrogen) atoms. The van der Waals surface area contributed by atoms with Crippen LogP contribution >= 0.6 is 11.6 Å². The lowest BCUT2D eigenvalue weighted by atomic mass is 10.1. The first kappa shape index (κ1) is 21.4. The van der Waals surface area contributed by atoms with Gasteiger partial charge in [0.15, 0.2) is 18.1 Å². The van der Waals surface area contributed by atoms with Crippen LogP contribution in [-0.4, -0.2) is 39.8 Å². The third-order valence-corrected chi connectivity index (χ3v) is 4.27. The molecule has 7 nitrogen and oxygen atoms in total. The van der Waals surface area contributed by atoms with Crippen molar-refractivity contribution < 1.29 is 28.5 Å². The van der Waals surface area contributed by atoms with Gasteiger partial charge in [-0.15, -0.1) is 0 Å². The number of carbonyl (C=O) groups is 2. The maximum absolute atomic E-state index is 12.2. The van der Waals surface area contributed by atoms with E-state index in [1.54, 1.807) is 13.2 Å². The Morgan fingerprint density at radius 2 is 1.71 bits per heavy atom. The van der Waals surface area contributed by atoms with Crippen LogP contribution in [0.4, 0.5) is 0 Å². The fourth-order valence-corrected chi connectivity index (χ4v) is 2.92. The molecule has 2 aromatic carbocycles. The molecule has 8 heteroatoms. The van der Waals surface area contributed by atoms with Crippen molar-refractivity contribution in [2.75, 3.05) is 27.9 Å². The molecule has 0 saturated heterocycles. The van der Waals surface area contributed by atoms with Gasteiger partial charge in [-0.1, -0.05) is 29.8 Å². The molecule has 2 aromatic rings. The van der Waals surface area contributed by atoms with Crippen molar-refractivity contribution in [2.45, 2.75) is 13.0 Å². The van der Waals surface area contributed by atoms with E-state index in [1.165, 1.54) is 26.4 Å². The summed E-state index contributed by atoms with van der Waals surface area (Å²) in [5, 5.41) is 2.96. The topological polar surface area (TPSA) is 83.1 Å². The van der Waals surface area contributed by atoms with E-state index in [1.807, 2.05) is 25.1 Å². The number of methoxy groups -OCH3 is 3. The van der Waals surface area contributed by atoms with Crippen LogP contribution in [-0.2, 0) is 9.53 Å². The average Bonchev–Trinajstić information content (AvgIpc) is 2.71. The molecule has 0 aliphatic carbocycles. The lowest BCUT2D eigenvalue weighted by Gasteiger charge is -2.17. The van der Waals surface area contributed by atoms with Gasteiger partial charge in [0.2, 0.25) is 0 Å². The Balaban J connectivity index is 1.99. The monoisotopic (exact) mass is 407 g/mol. The fraction of sp³-hybridized carbons (Fsp3) is 0.300. The van der Waals surface area contributed by atoms with Crippen LogP contribution in [0, 0.1) is 0 Å². The SMILES string of the molecule is COc1ccccc1C(C)NC(=O)COC(=O)c1cc(Cl)c(OC)c(OC)c1. The summed E-state index contributed by atoms with van der Waals surface area (Å²) in [4.78, 5) is 24.4. The van der Waals surface area contributed by atoms with Gasteiger partial charge in [-0.3, -0.25) is 4.79 Å². The average molecular weight is 408 g/mol. The summed E-state index contributed by atoms with van der Waals surface area (Å²) in [5.41, 5.74) is 0.963. The Hall–Kier alpha value is -2.93. The zero-order chi connectivity index (χ0) is 20.7. The molecule has 2 rings (SSSR count).